The Morgan fingerprint density at radius 3 is 2.45 bits per heavy atom. The molecule has 168 valence electrons. The van der Waals surface area contributed by atoms with Gasteiger partial charge in [0.25, 0.3) is 0 Å². The number of hydrogen-bond acceptors (Lipinski definition) is 5. The predicted molar refractivity (Wildman–Crippen MR) is 118 cm³/mol. The quantitative estimate of drug-likeness (QED) is 0.697. The second kappa shape index (κ2) is 9.10. The highest BCUT2D eigenvalue weighted by Gasteiger charge is 2.36. The van der Waals surface area contributed by atoms with Gasteiger partial charge in [-0.1, -0.05) is 29.8 Å². The Morgan fingerprint density at radius 2 is 1.81 bits per heavy atom. The second-order valence-electron chi connectivity index (χ2n) is 8.64. The van der Waals surface area contributed by atoms with Crippen LogP contribution in [0.15, 0.2) is 41.6 Å². The summed E-state index contributed by atoms with van der Waals surface area (Å²) in [4.78, 5) is 17.6. The maximum absolute atomic E-state index is 13.1. The lowest BCUT2D eigenvalue weighted by Gasteiger charge is -2.38. The minimum absolute atomic E-state index is 0.0843. The highest BCUT2D eigenvalue weighted by atomic mass is 32.2. The average molecular weight is 446 g/mol. The normalized spacial score (nSPS) is 21.4. The molecule has 0 N–H and O–H groups in total. The monoisotopic (exact) mass is 445 g/mol. The summed E-state index contributed by atoms with van der Waals surface area (Å²) in [6.45, 7) is 6.73. The van der Waals surface area contributed by atoms with Gasteiger partial charge in [-0.2, -0.15) is 9.40 Å². The third-order valence-corrected chi connectivity index (χ3v) is 8.08. The molecule has 1 aromatic carbocycles. The van der Waals surface area contributed by atoms with Gasteiger partial charge >= 0.3 is 0 Å². The molecule has 9 heteroatoms. The van der Waals surface area contributed by atoms with Gasteiger partial charge in [-0.15, -0.1) is 0 Å². The number of amides is 1. The molecule has 3 heterocycles. The SMILES string of the molecule is Cc1ccc(CN2CCN(C(=O)C3CCCN(S(=O)(=O)c4cnn(C)c4)C3)CC2)cc1. The van der Waals surface area contributed by atoms with Crippen LogP contribution in [0.2, 0.25) is 0 Å². The van der Waals surface area contributed by atoms with Crippen molar-refractivity contribution in [2.45, 2.75) is 31.2 Å². The number of piperazine rings is 1. The summed E-state index contributed by atoms with van der Waals surface area (Å²) >= 11 is 0. The minimum atomic E-state index is -3.61. The second-order valence-corrected chi connectivity index (χ2v) is 10.6. The molecule has 4 rings (SSSR count). The van der Waals surface area contributed by atoms with E-state index in [0.717, 1.165) is 26.1 Å². The van der Waals surface area contributed by atoms with E-state index in [-0.39, 0.29) is 23.3 Å². The van der Waals surface area contributed by atoms with Gasteiger partial charge in [0, 0.05) is 59.1 Å². The largest absolute Gasteiger partial charge is 0.340 e. The Morgan fingerprint density at radius 1 is 1.10 bits per heavy atom. The van der Waals surface area contributed by atoms with E-state index in [1.54, 1.807) is 7.05 Å². The molecule has 1 unspecified atom stereocenters. The van der Waals surface area contributed by atoms with Crippen LogP contribution in [0.5, 0.6) is 0 Å². The molecule has 0 spiro atoms. The highest BCUT2D eigenvalue weighted by molar-refractivity contribution is 7.89. The zero-order valence-electron chi connectivity index (χ0n) is 18.3. The van der Waals surface area contributed by atoms with Gasteiger partial charge in [-0.3, -0.25) is 14.4 Å². The number of carbonyl (C=O) groups is 1. The molecule has 1 atom stereocenters. The number of rotatable bonds is 5. The molecule has 31 heavy (non-hydrogen) atoms. The first-order valence-electron chi connectivity index (χ1n) is 10.9. The van der Waals surface area contributed by atoms with Crippen LogP contribution in [-0.4, -0.2) is 77.5 Å². The van der Waals surface area contributed by atoms with Gasteiger partial charge in [0.15, 0.2) is 0 Å². The molecule has 2 saturated heterocycles. The summed E-state index contributed by atoms with van der Waals surface area (Å²) in [6.07, 6.45) is 4.31. The Balaban J connectivity index is 1.33. The minimum Gasteiger partial charge on any atom is -0.340 e. The van der Waals surface area contributed by atoms with Crippen molar-refractivity contribution in [2.24, 2.45) is 13.0 Å². The van der Waals surface area contributed by atoms with Crippen molar-refractivity contribution in [3.8, 4) is 0 Å². The smallest absolute Gasteiger partial charge is 0.246 e. The highest BCUT2D eigenvalue weighted by Crippen LogP contribution is 2.25. The molecule has 2 aliphatic heterocycles. The van der Waals surface area contributed by atoms with Crippen LogP contribution in [0.4, 0.5) is 0 Å². The first kappa shape index (κ1) is 22.0. The van der Waals surface area contributed by atoms with Crippen LogP contribution < -0.4 is 0 Å². The molecule has 0 bridgehead atoms. The maximum Gasteiger partial charge on any atom is 0.246 e. The average Bonchev–Trinajstić information content (AvgIpc) is 3.23. The van der Waals surface area contributed by atoms with Gasteiger partial charge in [0.2, 0.25) is 15.9 Å². The number of nitrogens with zero attached hydrogens (tertiary/aromatic N) is 5. The van der Waals surface area contributed by atoms with E-state index in [1.165, 1.54) is 32.5 Å². The molecule has 0 radical (unpaired) electrons. The Kier molecular flexibility index (Phi) is 6.45. The summed E-state index contributed by atoms with van der Waals surface area (Å²) in [5, 5.41) is 3.98. The van der Waals surface area contributed by atoms with Crippen molar-refractivity contribution >= 4 is 15.9 Å². The van der Waals surface area contributed by atoms with Crippen LogP contribution >= 0.6 is 0 Å². The van der Waals surface area contributed by atoms with Crippen molar-refractivity contribution in [2.75, 3.05) is 39.3 Å². The lowest BCUT2D eigenvalue weighted by atomic mass is 9.97. The molecule has 0 aliphatic carbocycles. The van der Waals surface area contributed by atoms with Crippen molar-refractivity contribution in [1.82, 2.24) is 23.9 Å². The number of aromatic nitrogens is 2. The molecule has 1 amide bonds. The summed E-state index contributed by atoms with van der Waals surface area (Å²) in [5.74, 6) is -0.190. The summed E-state index contributed by atoms with van der Waals surface area (Å²) in [5.41, 5.74) is 2.54. The molecule has 0 saturated carbocycles. The van der Waals surface area contributed by atoms with Crippen molar-refractivity contribution in [3.05, 3.63) is 47.8 Å². The first-order chi connectivity index (χ1) is 14.8. The fourth-order valence-electron chi connectivity index (χ4n) is 4.38. The Bertz CT molecular complexity index is 1010. The summed E-state index contributed by atoms with van der Waals surface area (Å²) in [7, 11) is -1.92. The maximum atomic E-state index is 13.1. The van der Waals surface area contributed by atoms with Crippen molar-refractivity contribution in [3.63, 3.8) is 0 Å². The summed E-state index contributed by atoms with van der Waals surface area (Å²) < 4.78 is 28.8. The number of aryl methyl sites for hydroxylation is 2. The van der Waals surface area contributed by atoms with E-state index in [0.29, 0.717) is 26.1 Å². The zero-order chi connectivity index (χ0) is 22.0. The summed E-state index contributed by atoms with van der Waals surface area (Å²) in [6, 6.07) is 8.57. The van der Waals surface area contributed by atoms with E-state index < -0.39 is 10.0 Å². The van der Waals surface area contributed by atoms with Crippen molar-refractivity contribution < 1.29 is 13.2 Å². The third-order valence-electron chi connectivity index (χ3n) is 6.26. The fourth-order valence-corrected chi connectivity index (χ4v) is 5.89. The molecule has 2 aromatic rings. The Labute approximate surface area is 184 Å². The number of sulfonamides is 1. The third kappa shape index (κ3) is 4.99. The number of hydrogen-bond donors (Lipinski definition) is 0. The number of carbonyl (C=O) groups excluding carboxylic acids is 1. The molecular formula is C22H31N5O3S. The molecular weight excluding hydrogens is 414 g/mol. The lowest BCUT2D eigenvalue weighted by Crippen LogP contribution is -2.52. The van der Waals surface area contributed by atoms with E-state index in [9.17, 15) is 13.2 Å². The molecule has 8 nitrogen and oxygen atoms in total. The van der Waals surface area contributed by atoms with Crippen LogP contribution in [0, 0.1) is 12.8 Å². The van der Waals surface area contributed by atoms with Gasteiger partial charge < -0.3 is 4.90 Å². The van der Waals surface area contributed by atoms with E-state index in [4.69, 9.17) is 0 Å². The molecule has 2 aliphatic rings. The molecule has 1 aromatic heterocycles. The molecule has 2 fully saturated rings. The number of benzene rings is 1. The van der Waals surface area contributed by atoms with Gasteiger partial charge in [-0.05, 0) is 25.3 Å². The Hall–Kier alpha value is -2.23. The van der Waals surface area contributed by atoms with E-state index in [1.807, 2.05) is 4.90 Å². The van der Waals surface area contributed by atoms with Crippen LogP contribution in [0.1, 0.15) is 24.0 Å². The zero-order valence-corrected chi connectivity index (χ0v) is 19.1. The first-order valence-corrected chi connectivity index (χ1v) is 12.3. The van der Waals surface area contributed by atoms with Crippen molar-refractivity contribution in [1.29, 1.82) is 0 Å². The topological polar surface area (TPSA) is 78.8 Å². The van der Waals surface area contributed by atoms with E-state index >= 15 is 0 Å². The van der Waals surface area contributed by atoms with Crippen LogP contribution in [0.25, 0.3) is 0 Å². The standard InChI is InChI=1S/C22H31N5O3S/c1-18-5-7-19(8-6-18)15-25-10-12-26(13-11-25)22(28)20-4-3-9-27(16-20)31(29,30)21-14-23-24(2)17-21/h5-8,14,17,20H,3-4,9-13,15-16H2,1-2H3. The fraction of sp³-hybridized carbons (Fsp3) is 0.545. The van der Waals surface area contributed by atoms with Gasteiger partial charge in [0.05, 0.1) is 12.1 Å². The van der Waals surface area contributed by atoms with Gasteiger partial charge in [-0.25, -0.2) is 8.42 Å². The van der Waals surface area contributed by atoms with Crippen LogP contribution in [-0.2, 0) is 28.4 Å². The predicted octanol–water partition coefficient (Wildman–Crippen LogP) is 1.47. The number of piperidine rings is 1. The lowest BCUT2D eigenvalue weighted by molar-refractivity contribution is -0.138. The van der Waals surface area contributed by atoms with Gasteiger partial charge in [0.1, 0.15) is 4.90 Å². The van der Waals surface area contributed by atoms with Crippen LogP contribution in [0.3, 0.4) is 0 Å². The van der Waals surface area contributed by atoms with E-state index in [2.05, 4.69) is 41.2 Å².